The van der Waals surface area contributed by atoms with Crippen molar-refractivity contribution in [2.75, 3.05) is 13.2 Å². The number of allylic oxidation sites excluding steroid dienone is 7. The fourth-order valence-corrected chi connectivity index (χ4v) is 11.3. The van der Waals surface area contributed by atoms with Crippen LogP contribution in [0.15, 0.2) is 48.6 Å². The molecule has 6 nitrogen and oxygen atoms in total. The van der Waals surface area contributed by atoms with E-state index in [1.54, 1.807) is 6.08 Å². The van der Waals surface area contributed by atoms with Gasteiger partial charge in [-0.25, -0.2) is 0 Å². The van der Waals surface area contributed by atoms with Crippen LogP contribution in [0.4, 0.5) is 0 Å². The van der Waals surface area contributed by atoms with Crippen molar-refractivity contribution in [3.05, 3.63) is 48.6 Å². The molecule has 0 fully saturated rings. The lowest BCUT2D eigenvalue weighted by Crippen LogP contribution is -2.45. The Morgan fingerprint density at radius 2 is 0.617 bits per heavy atom. The molecule has 0 heterocycles. The first-order valence-electron chi connectivity index (χ1n) is 36.4. The number of ether oxygens (including phenoxy) is 1. The molecular formula is C75H141NO5. The van der Waals surface area contributed by atoms with Crippen molar-refractivity contribution in [3.63, 3.8) is 0 Å². The van der Waals surface area contributed by atoms with Crippen LogP contribution in [0.2, 0.25) is 0 Å². The fourth-order valence-electron chi connectivity index (χ4n) is 11.3. The van der Waals surface area contributed by atoms with Gasteiger partial charge in [-0.2, -0.15) is 0 Å². The highest BCUT2D eigenvalue weighted by Gasteiger charge is 2.18. The first-order chi connectivity index (χ1) is 40.0. The summed E-state index contributed by atoms with van der Waals surface area (Å²) in [5, 5.41) is 23.3. The van der Waals surface area contributed by atoms with Crippen LogP contribution < -0.4 is 5.32 Å². The number of carbonyl (C=O) groups excluding carboxylic acids is 2. The zero-order chi connectivity index (χ0) is 58.5. The highest BCUT2D eigenvalue weighted by atomic mass is 16.5. The molecule has 476 valence electrons. The Morgan fingerprint density at radius 3 is 0.975 bits per heavy atom. The predicted octanol–water partition coefficient (Wildman–Crippen LogP) is 23.6. The normalized spacial score (nSPS) is 12.8. The topological polar surface area (TPSA) is 95.9 Å². The zero-order valence-electron chi connectivity index (χ0n) is 54.5. The van der Waals surface area contributed by atoms with Gasteiger partial charge in [-0.05, 0) is 89.9 Å². The second-order valence-corrected chi connectivity index (χ2v) is 24.9. The molecule has 0 bridgehead atoms. The minimum Gasteiger partial charge on any atom is -0.466 e. The molecule has 0 aliphatic rings. The van der Waals surface area contributed by atoms with Crippen LogP contribution in [0.1, 0.15) is 393 Å². The van der Waals surface area contributed by atoms with Crippen LogP contribution in [-0.2, 0) is 14.3 Å². The van der Waals surface area contributed by atoms with Gasteiger partial charge >= 0.3 is 5.97 Å². The summed E-state index contributed by atoms with van der Waals surface area (Å²) < 4.78 is 5.49. The lowest BCUT2D eigenvalue weighted by Gasteiger charge is -2.20. The molecule has 0 radical (unpaired) electrons. The Bertz CT molecular complexity index is 1360. The van der Waals surface area contributed by atoms with Crippen LogP contribution in [0.5, 0.6) is 0 Å². The predicted molar refractivity (Wildman–Crippen MR) is 356 cm³/mol. The van der Waals surface area contributed by atoms with E-state index in [0.717, 1.165) is 51.4 Å². The van der Waals surface area contributed by atoms with Crippen molar-refractivity contribution in [2.45, 2.75) is 405 Å². The van der Waals surface area contributed by atoms with Gasteiger partial charge in [0, 0.05) is 12.8 Å². The van der Waals surface area contributed by atoms with Crippen LogP contribution >= 0.6 is 0 Å². The molecule has 2 unspecified atom stereocenters. The van der Waals surface area contributed by atoms with E-state index in [9.17, 15) is 19.8 Å². The molecule has 0 aromatic carbocycles. The number of aliphatic hydroxyl groups excluding tert-OH is 2. The molecule has 3 N–H and O–H groups in total. The summed E-state index contributed by atoms with van der Waals surface area (Å²) in [5.41, 5.74) is 0. The van der Waals surface area contributed by atoms with Crippen LogP contribution in [0.3, 0.4) is 0 Å². The number of carbonyl (C=O) groups is 2. The van der Waals surface area contributed by atoms with E-state index in [2.05, 4.69) is 55.6 Å². The number of unbranched alkanes of at least 4 members (excludes halogenated alkanes) is 51. The summed E-state index contributed by atoms with van der Waals surface area (Å²) in [6.45, 7) is 4.90. The third-order valence-electron chi connectivity index (χ3n) is 16.8. The second kappa shape index (κ2) is 70.3. The van der Waals surface area contributed by atoms with Gasteiger partial charge in [0.2, 0.25) is 5.91 Å². The van der Waals surface area contributed by atoms with Crippen molar-refractivity contribution >= 4 is 11.9 Å². The van der Waals surface area contributed by atoms with Gasteiger partial charge in [-0.3, -0.25) is 9.59 Å². The number of esters is 1. The fraction of sp³-hybridized carbons (Fsp3) is 0.867. The van der Waals surface area contributed by atoms with Crippen molar-refractivity contribution in [1.82, 2.24) is 5.32 Å². The summed E-state index contributed by atoms with van der Waals surface area (Å²) >= 11 is 0. The Kier molecular flexibility index (Phi) is 68.4. The summed E-state index contributed by atoms with van der Waals surface area (Å²) in [6.07, 6.45) is 91.9. The van der Waals surface area contributed by atoms with E-state index in [4.69, 9.17) is 4.74 Å². The average molecular weight is 1140 g/mol. The third-order valence-corrected chi connectivity index (χ3v) is 16.8. The molecule has 1 amide bonds. The number of amides is 1. The molecule has 0 rings (SSSR count). The lowest BCUT2D eigenvalue weighted by atomic mass is 10.0. The molecule has 81 heavy (non-hydrogen) atoms. The summed E-state index contributed by atoms with van der Waals surface area (Å²) in [4.78, 5) is 24.6. The Hall–Kier alpha value is -2.18. The molecule has 0 saturated carbocycles. The molecule has 0 saturated heterocycles. The quantitative estimate of drug-likeness (QED) is 0.0320. The Balaban J connectivity index is 3.42. The van der Waals surface area contributed by atoms with Crippen LogP contribution in [0.25, 0.3) is 0 Å². The average Bonchev–Trinajstić information content (AvgIpc) is 3.47. The van der Waals surface area contributed by atoms with Gasteiger partial charge in [0.25, 0.3) is 0 Å². The molecule has 0 aromatic rings. The molecule has 0 aromatic heterocycles. The number of nitrogens with one attached hydrogen (secondary N) is 1. The summed E-state index contributed by atoms with van der Waals surface area (Å²) in [5.74, 6) is -0.0645. The number of aliphatic hydroxyl groups is 2. The summed E-state index contributed by atoms with van der Waals surface area (Å²) in [6, 6.07) is -0.630. The molecule has 0 aliphatic heterocycles. The van der Waals surface area contributed by atoms with Gasteiger partial charge in [0.1, 0.15) is 0 Å². The van der Waals surface area contributed by atoms with Crippen molar-refractivity contribution in [2.24, 2.45) is 0 Å². The van der Waals surface area contributed by atoms with E-state index in [-0.39, 0.29) is 18.5 Å². The first-order valence-corrected chi connectivity index (χ1v) is 36.4. The summed E-state index contributed by atoms with van der Waals surface area (Å²) in [7, 11) is 0. The smallest absolute Gasteiger partial charge is 0.305 e. The second-order valence-electron chi connectivity index (χ2n) is 24.9. The first kappa shape index (κ1) is 78.8. The molecule has 6 heteroatoms. The van der Waals surface area contributed by atoms with Gasteiger partial charge in [0.15, 0.2) is 0 Å². The molecular weight excluding hydrogens is 995 g/mol. The van der Waals surface area contributed by atoms with Gasteiger partial charge in [0.05, 0.1) is 25.4 Å². The number of hydrogen-bond donors (Lipinski definition) is 3. The maximum atomic E-state index is 12.5. The maximum absolute atomic E-state index is 12.5. The maximum Gasteiger partial charge on any atom is 0.305 e. The van der Waals surface area contributed by atoms with E-state index in [1.807, 2.05) is 6.08 Å². The molecule has 2 atom stereocenters. The highest BCUT2D eigenvalue weighted by molar-refractivity contribution is 5.76. The SMILES string of the molecule is CCCCC/C=C\C/C=C\CCCCCCCC(=O)OCCCCCCCCCCCCCC/C=C\CCCCCCCCCCCCCC(=O)NC(CO)C(O)/C=C/CCCCCCCCCCCCCCCCCCCCCC. The zero-order valence-corrected chi connectivity index (χ0v) is 54.5. The van der Waals surface area contributed by atoms with Crippen molar-refractivity contribution in [1.29, 1.82) is 0 Å². The van der Waals surface area contributed by atoms with E-state index in [1.165, 1.54) is 315 Å². The molecule has 0 aliphatic carbocycles. The largest absolute Gasteiger partial charge is 0.466 e. The minimum atomic E-state index is -0.847. The Morgan fingerprint density at radius 1 is 0.346 bits per heavy atom. The van der Waals surface area contributed by atoms with Crippen LogP contribution in [0, 0.1) is 0 Å². The Labute approximate surface area is 506 Å². The number of rotatable bonds is 68. The minimum absolute atomic E-state index is 0.000939. The van der Waals surface area contributed by atoms with Gasteiger partial charge < -0.3 is 20.3 Å². The van der Waals surface area contributed by atoms with Crippen molar-refractivity contribution in [3.8, 4) is 0 Å². The number of hydrogen-bond acceptors (Lipinski definition) is 5. The lowest BCUT2D eigenvalue weighted by molar-refractivity contribution is -0.143. The van der Waals surface area contributed by atoms with E-state index < -0.39 is 12.1 Å². The highest BCUT2D eigenvalue weighted by Crippen LogP contribution is 2.18. The standard InChI is InChI=1S/C75H141NO5/c1-3-5-7-9-11-13-15-17-19-20-21-22-30-33-36-40-43-47-51-55-59-63-67-73(78)72(71-77)76-74(79)68-64-60-56-52-48-44-41-37-34-31-28-26-24-23-25-27-29-32-35-38-42-46-50-54-58-62-66-70-81-75(80)69-65-61-57-53-49-45-39-18-16-14-12-10-8-6-4-2/h12,14,18,23-24,39,63,67,72-73,77-78H,3-11,13,15-17,19-22,25-38,40-62,64-66,68-71H2,1-2H3,(H,76,79)/b14-12-,24-23-,39-18-,67-63+. The monoisotopic (exact) mass is 1140 g/mol. The van der Waals surface area contributed by atoms with Crippen LogP contribution in [-0.4, -0.2) is 47.4 Å². The van der Waals surface area contributed by atoms with E-state index in [0.29, 0.717) is 19.4 Å². The van der Waals surface area contributed by atoms with Gasteiger partial charge in [-0.1, -0.05) is 339 Å². The van der Waals surface area contributed by atoms with E-state index >= 15 is 0 Å². The molecule has 0 spiro atoms. The van der Waals surface area contributed by atoms with Gasteiger partial charge in [-0.15, -0.1) is 0 Å². The van der Waals surface area contributed by atoms with Crippen molar-refractivity contribution < 1.29 is 24.5 Å². The third kappa shape index (κ3) is 66.8.